The normalized spacial score (nSPS) is 16.2. The molecule has 0 bridgehead atoms. The molecule has 7 nitrogen and oxygen atoms in total. The highest BCUT2D eigenvalue weighted by Crippen LogP contribution is 2.38. The number of aryl methyl sites for hydroxylation is 1. The van der Waals surface area contributed by atoms with Crippen molar-refractivity contribution < 1.29 is 9.59 Å². The number of amides is 2. The molecule has 0 fully saturated rings. The Morgan fingerprint density at radius 1 is 0.811 bits per heavy atom. The second-order valence-electron chi connectivity index (χ2n) is 12.4. The minimum atomic E-state index is -0.471. The SMILES string of the molecule is C.C=C(C1C=C(C)C(=O)N(C(=C)C(C)(C)C)C1=O)C(C)(C)C.C=C(n1c(=O)[nH]cc(C)c1=O)C(C)(C)C. The smallest absolute Gasteiger partial charge is 0.313 e. The van der Waals surface area contributed by atoms with Gasteiger partial charge in [-0.2, -0.15) is 0 Å². The van der Waals surface area contributed by atoms with Crippen LogP contribution >= 0.6 is 0 Å². The first-order chi connectivity index (χ1) is 16.0. The van der Waals surface area contributed by atoms with E-state index in [4.69, 9.17) is 0 Å². The van der Waals surface area contributed by atoms with Gasteiger partial charge >= 0.3 is 5.69 Å². The third-order valence-corrected chi connectivity index (χ3v) is 6.21. The number of aromatic amines is 1. The predicted octanol–water partition coefficient (Wildman–Crippen LogP) is 6.08. The standard InChI is InChI=1S/C18H27NO2.C11H16N2O2.CH4/c1-11-10-14(12(2)17(4,5)6)16(21)19(15(11)20)13(3)18(7,8)9;1-7-6-12-10(15)13(9(7)14)8(2)11(3,4)5;/h10,14H,2-3H2,1,4-9H3;6H,2H2,1,3-5H3,(H,12,15);1H4. The van der Waals surface area contributed by atoms with Gasteiger partial charge in [0.25, 0.3) is 11.5 Å². The molecule has 1 unspecified atom stereocenters. The maximum absolute atomic E-state index is 12.8. The molecule has 37 heavy (non-hydrogen) atoms. The summed E-state index contributed by atoms with van der Waals surface area (Å²) in [6.07, 6.45) is 3.14. The third-order valence-electron chi connectivity index (χ3n) is 6.21. The molecule has 0 saturated carbocycles. The van der Waals surface area contributed by atoms with Crippen LogP contribution in [0.15, 0.2) is 58.4 Å². The minimum absolute atomic E-state index is 0. The van der Waals surface area contributed by atoms with Gasteiger partial charge in [-0.25, -0.2) is 14.3 Å². The molecule has 2 rings (SSSR count). The van der Waals surface area contributed by atoms with Crippen LogP contribution < -0.4 is 11.2 Å². The van der Waals surface area contributed by atoms with Gasteiger partial charge in [0.15, 0.2) is 0 Å². The zero-order valence-electron chi connectivity index (χ0n) is 23.9. The first kappa shape index (κ1) is 33.8. The summed E-state index contributed by atoms with van der Waals surface area (Å²) in [5, 5.41) is 0. The van der Waals surface area contributed by atoms with Crippen molar-refractivity contribution in [2.75, 3.05) is 0 Å². The molecule has 1 aliphatic rings. The average molecular weight is 514 g/mol. The van der Waals surface area contributed by atoms with Gasteiger partial charge in [-0.05, 0) is 19.3 Å². The summed E-state index contributed by atoms with van der Waals surface area (Å²) in [5.74, 6) is -0.995. The fourth-order valence-electron chi connectivity index (χ4n) is 3.26. The van der Waals surface area contributed by atoms with Gasteiger partial charge in [0.2, 0.25) is 5.91 Å². The van der Waals surface area contributed by atoms with Crippen LogP contribution in [-0.2, 0) is 9.59 Å². The summed E-state index contributed by atoms with van der Waals surface area (Å²) < 4.78 is 1.09. The van der Waals surface area contributed by atoms with Crippen LogP contribution in [0.2, 0.25) is 0 Å². The fraction of sp³-hybridized carbons (Fsp3) is 0.533. The number of aromatic nitrogens is 2. The van der Waals surface area contributed by atoms with Gasteiger partial charge in [-0.15, -0.1) is 0 Å². The van der Waals surface area contributed by atoms with Crippen molar-refractivity contribution in [2.45, 2.75) is 83.6 Å². The van der Waals surface area contributed by atoms with Gasteiger partial charge in [-0.1, -0.05) is 101 Å². The summed E-state index contributed by atoms with van der Waals surface area (Å²) in [6.45, 7) is 32.8. The molecule has 1 atom stereocenters. The van der Waals surface area contributed by atoms with Crippen LogP contribution in [0.4, 0.5) is 0 Å². The number of allylic oxidation sites excluding steroid dienone is 2. The van der Waals surface area contributed by atoms with E-state index in [1.54, 1.807) is 19.9 Å². The predicted molar refractivity (Wildman–Crippen MR) is 154 cm³/mol. The Labute approximate surface area is 222 Å². The van der Waals surface area contributed by atoms with Gasteiger partial charge in [0.1, 0.15) is 0 Å². The van der Waals surface area contributed by atoms with Crippen molar-refractivity contribution in [3.8, 4) is 0 Å². The van der Waals surface area contributed by atoms with E-state index in [9.17, 15) is 19.2 Å². The zero-order valence-corrected chi connectivity index (χ0v) is 23.9. The summed E-state index contributed by atoms with van der Waals surface area (Å²) in [4.78, 5) is 52.2. The Balaban J connectivity index is 0.000000718. The van der Waals surface area contributed by atoms with Crippen LogP contribution in [0, 0.1) is 29.1 Å². The van der Waals surface area contributed by atoms with Crippen molar-refractivity contribution in [1.29, 1.82) is 0 Å². The summed E-state index contributed by atoms with van der Waals surface area (Å²) in [6, 6.07) is 0. The molecule has 2 heterocycles. The molecule has 1 aromatic rings. The molecule has 0 aromatic carbocycles. The number of rotatable bonds is 3. The quantitative estimate of drug-likeness (QED) is 0.392. The number of H-pyrrole nitrogens is 1. The molecule has 1 aromatic heterocycles. The highest BCUT2D eigenvalue weighted by atomic mass is 16.2. The lowest BCUT2D eigenvalue weighted by Gasteiger charge is -2.38. The average Bonchev–Trinajstić information content (AvgIpc) is 2.71. The number of carbonyl (C=O) groups excluding carboxylic acids is 2. The molecular formula is C30H47N3O4. The molecule has 0 saturated heterocycles. The Morgan fingerprint density at radius 2 is 1.27 bits per heavy atom. The lowest BCUT2D eigenvalue weighted by molar-refractivity contribution is -0.143. The highest BCUT2D eigenvalue weighted by molar-refractivity contribution is 6.10. The first-order valence-corrected chi connectivity index (χ1v) is 12.0. The van der Waals surface area contributed by atoms with Gasteiger partial charge in [0.05, 0.1) is 5.92 Å². The van der Waals surface area contributed by atoms with Gasteiger partial charge in [-0.3, -0.25) is 14.4 Å². The maximum Gasteiger partial charge on any atom is 0.332 e. The molecular weight excluding hydrogens is 466 g/mol. The Morgan fingerprint density at radius 3 is 1.68 bits per heavy atom. The molecule has 206 valence electrons. The lowest BCUT2D eigenvalue weighted by atomic mass is 9.77. The topological polar surface area (TPSA) is 92.2 Å². The van der Waals surface area contributed by atoms with Crippen LogP contribution in [0.1, 0.15) is 82.2 Å². The Bertz CT molecular complexity index is 1240. The number of nitrogens with one attached hydrogen (secondary N) is 1. The summed E-state index contributed by atoms with van der Waals surface area (Å²) in [7, 11) is 0. The molecule has 0 spiro atoms. The van der Waals surface area contributed by atoms with Crippen molar-refractivity contribution in [1.82, 2.24) is 14.5 Å². The van der Waals surface area contributed by atoms with Crippen LogP contribution in [0.3, 0.4) is 0 Å². The van der Waals surface area contributed by atoms with E-state index < -0.39 is 11.6 Å². The molecule has 1 N–H and O–H groups in total. The van der Waals surface area contributed by atoms with E-state index in [1.807, 2.05) is 62.3 Å². The minimum Gasteiger partial charge on any atom is -0.313 e. The van der Waals surface area contributed by atoms with Crippen molar-refractivity contribution in [3.05, 3.63) is 75.3 Å². The lowest BCUT2D eigenvalue weighted by Crippen LogP contribution is -2.47. The number of carbonyl (C=O) groups is 2. The molecule has 7 heteroatoms. The van der Waals surface area contributed by atoms with E-state index in [1.165, 1.54) is 11.1 Å². The highest BCUT2D eigenvalue weighted by Gasteiger charge is 2.41. The fourth-order valence-corrected chi connectivity index (χ4v) is 3.26. The number of hydrogen-bond acceptors (Lipinski definition) is 4. The Hall–Kier alpha value is -3.22. The monoisotopic (exact) mass is 513 g/mol. The number of nitrogens with zero attached hydrogens (tertiary/aromatic N) is 2. The van der Waals surface area contributed by atoms with E-state index in [0.29, 0.717) is 22.5 Å². The van der Waals surface area contributed by atoms with Crippen LogP contribution in [0.5, 0.6) is 0 Å². The first-order valence-electron chi connectivity index (χ1n) is 12.0. The molecule has 0 aliphatic carbocycles. The van der Waals surface area contributed by atoms with Crippen molar-refractivity contribution >= 4 is 17.5 Å². The van der Waals surface area contributed by atoms with E-state index in [2.05, 4.69) is 24.7 Å². The van der Waals surface area contributed by atoms with Crippen LogP contribution in [-0.4, -0.2) is 26.3 Å². The Kier molecular flexibility index (Phi) is 10.5. The van der Waals surface area contributed by atoms with E-state index >= 15 is 0 Å². The second-order valence-corrected chi connectivity index (χ2v) is 12.4. The largest absolute Gasteiger partial charge is 0.332 e. The number of imide groups is 1. The molecule has 2 amide bonds. The van der Waals surface area contributed by atoms with E-state index in [0.717, 1.165) is 10.1 Å². The zero-order chi connectivity index (χ0) is 28.5. The summed E-state index contributed by atoms with van der Waals surface area (Å²) >= 11 is 0. The molecule has 0 radical (unpaired) electrons. The van der Waals surface area contributed by atoms with E-state index in [-0.39, 0.29) is 41.0 Å². The third kappa shape index (κ3) is 7.63. The van der Waals surface area contributed by atoms with Crippen LogP contribution in [0.25, 0.3) is 5.70 Å². The molecule has 1 aliphatic heterocycles. The van der Waals surface area contributed by atoms with Crippen molar-refractivity contribution in [3.63, 3.8) is 0 Å². The van der Waals surface area contributed by atoms with Crippen molar-refractivity contribution in [2.24, 2.45) is 22.2 Å². The second kappa shape index (κ2) is 11.4. The summed E-state index contributed by atoms with van der Waals surface area (Å²) in [5.41, 5.74) is 1.28. The maximum atomic E-state index is 12.8. The number of hydrogen-bond donors (Lipinski definition) is 1. The van der Waals surface area contributed by atoms with Gasteiger partial charge < -0.3 is 4.98 Å². The van der Waals surface area contributed by atoms with Gasteiger partial charge in [0, 0.05) is 39.6 Å².